The lowest BCUT2D eigenvalue weighted by Gasteiger charge is -2.15. The lowest BCUT2D eigenvalue weighted by molar-refractivity contribution is -0.153. The predicted molar refractivity (Wildman–Crippen MR) is 83.7 cm³/mol. The molecular weight excluding hydrogens is 282 g/mol. The van der Waals surface area contributed by atoms with Crippen molar-refractivity contribution < 1.29 is 19.1 Å². The van der Waals surface area contributed by atoms with E-state index in [1.165, 1.54) is 0 Å². The summed E-state index contributed by atoms with van der Waals surface area (Å²) in [4.78, 5) is 23.8. The summed E-state index contributed by atoms with van der Waals surface area (Å²) in [5, 5.41) is 2.71. The number of rotatable bonds is 6. The minimum Gasteiger partial charge on any atom is -0.497 e. The molecule has 1 aromatic carbocycles. The van der Waals surface area contributed by atoms with Crippen LogP contribution >= 0.6 is 0 Å². The zero-order valence-corrected chi connectivity index (χ0v) is 12.9. The first-order valence-electron chi connectivity index (χ1n) is 7.39. The number of ether oxygens (including phenoxy) is 2. The third kappa shape index (κ3) is 4.62. The number of hydrogen-bond acceptors (Lipinski definition) is 4. The summed E-state index contributed by atoms with van der Waals surface area (Å²) < 4.78 is 10.2. The van der Waals surface area contributed by atoms with Gasteiger partial charge in [-0.1, -0.05) is 12.2 Å². The summed E-state index contributed by atoms with van der Waals surface area (Å²) in [7, 11) is 1.58. The van der Waals surface area contributed by atoms with Gasteiger partial charge < -0.3 is 14.8 Å². The molecule has 5 heteroatoms. The highest BCUT2D eigenvalue weighted by atomic mass is 16.5. The molecule has 5 nitrogen and oxygen atoms in total. The number of allylic oxidation sites excluding steroid dienone is 2. The Balaban J connectivity index is 1.80. The van der Waals surface area contributed by atoms with Crippen LogP contribution in [-0.2, 0) is 14.3 Å². The first-order valence-corrected chi connectivity index (χ1v) is 7.39. The number of carbonyl (C=O) groups excluding carboxylic acids is 2. The molecule has 1 N–H and O–H groups in total. The van der Waals surface area contributed by atoms with E-state index >= 15 is 0 Å². The first-order chi connectivity index (χ1) is 10.6. The van der Waals surface area contributed by atoms with Crippen molar-refractivity contribution in [2.45, 2.75) is 32.3 Å². The predicted octanol–water partition coefficient (Wildman–Crippen LogP) is 2.92. The summed E-state index contributed by atoms with van der Waals surface area (Å²) in [6, 6.07) is 6.96. The molecule has 0 saturated heterocycles. The Labute approximate surface area is 130 Å². The maximum Gasteiger partial charge on any atom is 0.307 e. The number of amides is 1. The average molecular weight is 303 g/mol. The maximum atomic E-state index is 12.0. The van der Waals surface area contributed by atoms with E-state index in [9.17, 15) is 9.59 Å². The number of methoxy groups -OCH3 is 1. The van der Waals surface area contributed by atoms with E-state index in [-0.39, 0.29) is 17.8 Å². The Hall–Kier alpha value is -2.30. The topological polar surface area (TPSA) is 64.6 Å². The van der Waals surface area contributed by atoms with Crippen molar-refractivity contribution in [3.05, 3.63) is 36.4 Å². The molecule has 2 atom stereocenters. The maximum absolute atomic E-state index is 12.0. The molecule has 22 heavy (non-hydrogen) atoms. The number of hydrogen-bond donors (Lipinski definition) is 1. The Morgan fingerprint density at radius 2 is 2.05 bits per heavy atom. The molecule has 1 aromatic rings. The van der Waals surface area contributed by atoms with Crippen molar-refractivity contribution >= 4 is 17.6 Å². The van der Waals surface area contributed by atoms with Crippen LogP contribution < -0.4 is 10.1 Å². The van der Waals surface area contributed by atoms with Crippen LogP contribution in [0.3, 0.4) is 0 Å². The van der Waals surface area contributed by atoms with Gasteiger partial charge in [0.25, 0.3) is 5.91 Å². The van der Waals surface area contributed by atoms with Crippen LogP contribution in [0.25, 0.3) is 0 Å². The van der Waals surface area contributed by atoms with Crippen molar-refractivity contribution in [3.8, 4) is 5.75 Å². The van der Waals surface area contributed by atoms with Crippen LogP contribution in [0.2, 0.25) is 0 Å². The quantitative estimate of drug-likeness (QED) is 0.648. The monoisotopic (exact) mass is 303 g/mol. The SMILES string of the molecule is COc1ccc(NC(=O)[C@@H](C)OC(=O)C[C@H]2C=CCC2)cc1. The molecule has 0 heterocycles. The van der Waals surface area contributed by atoms with Crippen molar-refractivity contribution in [2.75, 3.05) is 12.4 Å². The second-order valence-corrected chi connectivity index (χ2v) is 5.32. The first kappa shape index (κ1) is 16.1. The molecule has 0 spiro atoms. The van der Waals surface area contributed by atoms with Crippen molar-refractivity contribution in [1.82, 2.24) is 0 Å². The van der Waals surface area contributed by atoms with E-state index < -0.39 is 6.10 Å². The number of esters is 1. The molecule has 2 rings (SSSR count). The standard InChI is InChI=1S/C17H21NO4/c1-12(22-16(19)11-13-5-3-4-6-13)17(20)18-14-7-9-15(21-2)10-8-14/h3,5,7-10,12-13H,4,6,11H2,1-2H3,(H,18,20)/t12-,13+/m1/s1. The van der Waals surface area contributed by atoms with Gasteiger partial charge in [0.15, 0.2) is 6.10 Å². The van der Waals surface area contributed by atoms with Gasteiger partial charge in [0.05, 0.1) is 13.5 Å². The molecule has 0 saturated carbocycles. The number of nitrogens with one attached hydrogen (secondary N) is 1. The summed E-state index contributed by atoms with van der Waals surface area (Å²) in [6.07, 6.45) is 5.59. The van der Waals surface area contributed by atoms with E-state index in [1.807, 2.05) is 6.08 Å². The van der Waals surface area contributed by atoms with E-state index in [4.69, 9.17) is 9.47 Å². The fourth-order valence-electron chi connectivity index (χ4n) is 2.30. The van der Waals surface area contributed by atoms with Gasteiger partial charge in [0.1, 0.15) is 5.75 Å². The van der Waals surface area contributed by atoms with Gasteiger partial charge in [-0.2, -0.15) is 0 Å². The molecule has 0 radical (unpaired) electrons. The fourth-order valence-corrected chi connectivity index (χ4v) is 2.30. The highest BCUT2D eigenvalue weighted by Gasteiger charge is 2.21. The molecule has 0 fully saturated rings. The molecular formula is C17H21NO4. The summed E-state index contributed by atoms with van der Waals surface area (Å²) in [6.45, 7) is 1.57. The van der Waals surface area contributed by atoms with Crippen molar-refractivity contribution in [1.29, 1.82) is 0 Å². The molecule has 1 aliphatic rings. The van der Waals surface area contributed by atoms with Crippen LogP contribution in [0.4, 0.5) is 5.69 Å². The Morgan fingerprint density at radius 3 is 2.64 bits per heavy atom. The summed E-state index contributed by atoms with van der Waals surface area (Å²) >= 11 is 0. The number of anilines is 1. The lowest BCUT2D eigenvalue weighted by Crippen LogP contribution is -2.30. The third-order valence-electron chi connectivity index (χ3n) is 3.58. The van der Waals surface area contributed by atoms with Gasteiger partial charge in [-0.3, -0.25) is 9.59 Å². The Bertz CT molecular complexity index is 550. The summed E-state index contributed by atoms with van der Waals surface area (Å²) in [5.74, 6) is 0.265. The smallest absolute Gasteiger partial charge is 0.307 e. The average Bonchev–Trinajstić information content (AvgIpc) is 3.00. The zero-order valence-electron chi connectivity index (χ0n) is 12.9. The van der Waals surface area contributed by atoms with Crippen LogP contribution in [0.5, 0.6) is 5.75 Å². The van der Waals surface area contributed by atoms with E-state index in [0.717, 1.165) is 12.8 Å². The van der Waals surface area contributed by atoms with Crippen molar-refractivity contribution in [3.63, 3.8) is 0 Å². The molecule has 1 amide bonds. The van der Waals surface area contributed by atoms with Crippen LogP contribution in [0.15, 0.2) is 36.4 Å². The minimum atomic E-state index is -0.819. The van der Waals surface area contributed by atoms with Crippen LogP contribution in [0, 0.1) is 5.92 Å². The highest BCUT2D eigenvalue weighted by molar-refractivity contribution is 5.95. The number of benzene rings is 1. The molecule has 0 aromatic heterocycles. The van der Waals surface area contributed by atoms with Crippen LogP contribution in [0.1, 0.15) is 26.2 Å². The molecule has 0 aliphatic heterocycles. The van der Waals surface area contributed by atoms with E-state index in [2.05, 4.69) is 11.4 Å². The largest absolute Gasteiger partial charge is 0.497 e. The Kier molecular flexibility index (Phi) is 5.58. The molecule has 118 valence electrons. The van der Waals surface area contributed by atoms with Crippen molar-refractivity contribution in [2.24, 2.45) is 5.92 Å². The lowest BCUT2D eigenvalue weighted by atomic mass is 10.1. The highest BCUT2D eigenvalue weighted by Crippen LogP contribution is 2.21. The molecule has 0 bridgehead atoms. The van der Waals surface area contributed by atoms with E-state index in [0.29, 0.717) is 17.9 Å². The molecule has 0 unspecified atom stereocenters. The second-order valence-electron chi connectivity index (χ2n) is 5.32. The van der Waals surface area contributed by atoms with Gasteiger partial charge in [-0.25, -0.2) is 0 Å². The summed E-state index contributed by atoms with van der Waals surface area (Å²) in [5.41, 5.74) is 0.632. The third-order valence-corrected chi connectivity index (χ3v) is 3.58. The fraction of sp³-hybridized carbons (Fsp3) is 0.412. The van der Waals surface area contributed by atoms with Gasteiger partial charge in [0.2, 0.25) is 0 Å². The van der Waals surface area contributed by atoms with Gasteiger partial charge in [0, 0.05) is 5.69 Å². The van der Waals surface area contributed by atoms with Gasteiger partial charge in [-0.15, -0.1) is 0 Å². The normalized spacial score (nSPS) is 17.8. The second kappa shape index (κ2) is 7.64. The minimum absolute atomic E-state index is 0.240. The van der Waals surface area contributed by atoms with E-state index in [1.54, 1.807) is 38.3 Å². The number of carbonyl (C=O) groups is 2. The van der Waals surface area contributed by atoms with Crippen LogP contribution in [-0.4, -0.2) is 25.1 Å². The zero-order chi connectivity index (χ0) is 15.9. The van der Waals surface area contributed by atoms with Gasteiger partial charge in [-0.05, 0) is 49.9 Å². The van der Waals surface area contributed by atoms with Gasteiger partial charge >= 0.3 is 5.97 Å². The Morgan fingerprint density at radius 1 is 1.32 bits per heavy atom. The molecule has 1 aliphatic carbocycles.